The third kappa shape index (κ3) is 3.98. The Morgan fingerprint density at radius 3 is 2.71 bits per heavy atom. The summed E-state index contributed by atoms with van der Waals surface area (Å²) in [5, 5.41) is 0. The van der Waals surface area contributed by atoms with Crippen LogP contribution in [0.1, 0.15) is 53.4 Å². The van der Waals surface area contributed by atoms with Crippen molar-refractivity contribution in [1.82, 2.24) is 4.90 Å². The van der Waals surface area contributed by atoms with Gasteiger partial charge in [-0.05, 0) is 38.0 Å². The lowest BCUT2D eigenvalue weighted by Gasteiger charge is -2.29. The van der Waals surface area contributed by atoms with E-state index in [1.807, 2.05) is 11.8 Å². The monoisotopic (exact) mass is 240 g/mol. The minimum atomic E-state index is -0.665. The highest BCUT2D eigenvalue weighted by Crippen LogP contribution is 2.25. The molecule has 0 aromatic carbocycles. The number of likely N-dealkylation sites (tertiary alicyclic amines) is 1. The molecule has 1 saturated heterocycles. The Balaban J connectivity index is 2.50. The maximum absolute atomic E-state index is 12.3. The molecule has 2 unspecified atom stereocenters. The van der Waals surface area contributed by atoms with Gasteiger partial charge in [0.2, 0.25) is 5.91 Å². The molecular weight excluding hydrogens is 212 g/mol. The van der Waals surface area contributed by atoms with Gasteiger partial charge in [-0.15, -0.1) is 0 Å². The molecule has 0 radical (unpaired) electrons. The number of carbonyl (C=O) groups is 1. The fourth-order valence-corrected chi connectivity index (χ4v) is 2.86. The Labute approximate surface area is 106 Å². The summed E-state index contributed by atoms with van der Waals surface area (Å²) in [7, 11) is 0. The van der Waals surface area contributed by atoms with Crippen molar-refractivity contribution in [2.75, 3.05) is 13.1 Å². The van der Waals surface area contributed by atoms with Crippen LogP contribution in [0.3, 0.4) is 0 Å². The molecule has 1 aliphatic heterocycles. The molecule has 3 heteroatoms. The molecule has 0 spiro atoms. The van der Waals surface area contributed by atoms with Crippen molar-refractivity contribution in [2.45, 2.75) is 58.9 Å². The predicted molar refractivity (Wildman–Crippen MR) is 71.6 cm³/mol. The Kier molecular flexibility index (Phi) is 4.99. The van der Waals surface area contributed by atoms with E-state index in [1.165, 1.54) is 6.42 Å². The van der Waals surface area contributed by atoms with Crippen LogP contribution >= 0.6 is 0 Å². The Morgan fingerprint density at radius 2 is 2.18 bits per heavy atom. The van der Waals surface area contributed by atoms with Gasteiger partial charge in [0.25, 0.3) is 0 Å². The number of nitrogens with two attached hydrogens (primary N) is 1. The average Bonchev–Trinajstić information content (AvgIpc) is 2.63. The summed E-state index contributed by atoms with van der Waals surface area (Å²) in [4.78, 5) is 14.3. The Hall–Kier alpha value is -0.570. The number of carbonyl (C=O) groups excluding carboxylic acids is 1. The van der Waals surface area contributed by atoms with Gasteiger partial charge >= 0.3 is 0 Å². The summed E-state index contributed by atoms with van der Waals surface area (Å²) in [5.41, 5.74) is 5.44. The quantitative estimate of drug-likeness (QED) is 0.802. The zero-order chi connectivity index (χ0) is 13.1. The molecule has 1 heterocycles. The number of amides is 1. The molecule has 3 nitrogen and oxygen atoms in total. The van der Waals surface area contributed by atoms with Crippen LogP contribution in [0.2, 0.25) is 0 Å². The van der Waals surface area contributed by atoms with Crippen molar-refractivity contribution in [3.63, 3.8) is 0 Å². The summed E-state index contributed by atoms with van der Waals surface area (Å²) in [6.07, 6.45) is 4.10. The third-order valence-corrected chi connectivity index (χ3v) is 3.64. The van der Waals surface area contributed by atoms with Crippen molar-refractivity contribution >= 4 is 5.91 Å². The summed E-state index contributed by atoms with van der Waals surface area (Å²) in [6.45, 7) is 10.2. The van der Waals surface area contributed by atoms with Gasteiger partial charge < -0.3 is 10.6 Å². The van der Waals surface area contributed by atoms with Crippen LogP contribution in [0.25, 0.3) is 0 Å². The van der Waals surface area contributed by atoms with Gasteiger partial charge in [0.05, 0.1) is 5.54 Å². The second kappa shape index (κ2) is 5.85. The molecule has 17 heavy (non-hydrogen) atoms. The second-order valence-electron chi connectivity index (χ2n) is 6.20. The van der Waals surface area contributed by atoms with E-state index in [0.29, 0.717) is 5.92 Å². The zero-order valence-electron chi connectivity index (χ0n) is 11.8. The largest absolute Gasteiger partial charge is 0.341 e. The van der Waals surface area contributed by atoms with Crippen molar-refractivity contribution in [3.8, 4) is 0 Å². The van der Waals surface area contributed by atoms with Crippen LogP contribution in [0, 0.1) is 11.8 Å². The van der Waals surface area contributed by atoms with E-state index in [2.05, 4.69) is 20.8 Å². The molecule has 1 rings (SSSR count). The highest BCUT2D eigenvalue weighted by Gasteiger charge is 2.35. The van der Waals surface area contributed by atoms with Gasteiger partial charge in [-0.3, -0.25) is 4.79 Å². The molecule has 1 amide bonds. The predicted octanol–water partition coefficient (Wildman–Crippen LogP) is 2.40. The standard InChI is InChI=1S/C14H28N2O/c1-5-7-14(4,15)13(17)16-8-6-12(10-16)9-11(2)3/h11-12H,5-10,15H2,1-4H3. The van der Waals surface area contributed by atoms with Crippen molar-refractivity contribution in [2.24, 2.45) is 17.6 Å². The fraction of sp³-hybridized carbons (Fsp3) is 0.929. The van der Waals surface area contributed by atoms with E-state index < -0.39 is 5.54 Å². The van der Waals surface area contributed by atoms with Gasteiger partial charge in [0, 0.05) is 13.1 Å². The lowest BCUT2D eigenvalue weighted by molar-refractivity contribution is -0.135. The zero-order valence-corrected chi connectivity index (χ0v) is 11.8. The fourth-order valence-electron chi connectivity index (χ4n) is 2.86. The normalized spacial score (nSPS) is 24.1. The first-order valence-corrected chi connectivity index (χ1v) is 6.95. The summed E-state index contributed by atoms with van der Waals surface area (Å²) in [5.74, 6) is 1.54. The maximum Gasteiger partial charge on any atom is 0.242 e. The minimum Gasteiger partial charge on any atom is -0.341 e. The summed E-state index contributed by atoms with van der Waals surface area (Å²) >= 11 is 0. The van der Waals surface area contributed by atoms with Crippen LogP contribution < -0.4 is 5.73 Å². The maximum atomic E-state index is 12.3. The first-order valence-electron chi connectivity index (χ1n) is 6.95. The molecule has 1 fully saturated rings. The SMILES string of the molecule is CCCC(C)(N)C(=O)N1CCC(CC(C)C)C1. The van der Waals surface area contributed by atoms with Gasteiger partial charge in [-0.2, -0.15) is 0 Å². The van der Waals surface area contributed by atoms with Crippen LogP contribution in [0.4, 0.5) is 0 Å². The molecule has 100 valence electrons. The van der Waals surface area contributed by atoms with E-state index in [0.717, 1.165) is 38.3 Å². The van der Waals surface area contributed by atoms with Gasteiger partial charge in [0.15, 0.2) is 0 Å². The Bertz CT molecular complexity index is 261. The van der Waals surface area contributed by atoms with E-state index in [-0.39, 0.29) is 5.91 Å². The highest BCUT2D eigenvalue weighted by atomic mass is 16.2. The number of hydrogen-bond acceptors (Lipinski definition) is 2. The Morgan fingerprint density at radius 1 is 1.53 bits per heavy atom. The molecule has 1 aliphatic rings. The molecule has 2 atom stereocenters. The highest BCUT2D eigenvalue weighted by molar-refractivity contribution is 5.85. The third-order valence-electron chi connectivity index (χ3n) is 3.64. The molecule has 0 aromatic rings. The lowest BCUT2D eigenvalue weighted by atomic mass is 9.95. The molecular formula is C14H28N2O. The first-order chi connectivity index (χ1) is 7.86. The topological polar surface area (TPSA) is 46.3 Å². The van der Waals surface area contributed by atoms with Gasteiger partial charge in [0.1, 0.15) is 0 Å². The van der Waals surface area contributed by atoms with Crippen LogP contribution in [0.15, 0.2) is 0 Å². The smallest absolute Gasteiger partial charge is 0.242 e. The van der Waals surface area contributed by atoms with E-state index in [4.69, 9.17) is 5.73 Å². The molecule has 2 N–H and O–H groups in total. The van der Waals surface area contributed by atoms with Crippen molar-refractivity contribution in [1.29, 1.82) is 0 Å². The van der Waals surface area contributed by atoms with E-state index in [1.54, 1.807) is 0 Å². The van der Waals surface area contributed by atoms with Gasteiger partial charge in [-0.25, -0.2) is 0 Å². The van der Waals surface area contributed by atoms with Gasteiger partial charge in [-0.1, -0.05) is 27.2 Å². The molecule has 0 aliphatic carbocycles. The molecule has 0 saturated carbocycles. The van der Waals surface area contributed by atoms with Crippen molar-refractivity contribution in [3.05, 3.63) is 0 Å². The molecule has 0 bridgehead atoms. The first kappa shape index (κ1) is 14.5. The lowest BCUT2D eigenvalue weighted by Crippen LogP contribution is -2.52. The summed E-state index contributed by atoms with van der Waals surface area (Å²) in [6, 6.07) is 0. The minimum absolute atomic E-state index is 0.144. The summed E-state index contributed by atoms with van der Waals surface area (Å²) < 4.78 is 0. The number of nitrogens with zero attached hydrogens (tertiary/aromatic N) is 1. The van der Waals surface area contributed by atoms with E-state index in [9.17, 15) is 4.79 Å². The van der Waals surface area contributed by atoms with E-state index >= 15 is 0 Å². The number of rotatable bonds is 5. The van der Waals surface area contributed by atoms with Crippen LogP contribution in [-0.4, -0.2) is 29.4 Å². The average molecular weight is 240 g/mol. The van der Waals surface area contributed by atoms with Crippen molar-refractivity contribution < 1.29 is 4.79 Å². The van der Waals surface area contributed by atoms with Crippen LogP contribution in [-0.2, 0) is 4.79 Å². The van der Waals surface area contributed by atoms with Crippen LogP contribution in [0.5, 0.6) is 0 Å². The number of hydrogen-bond donors (Lipinski definition) is 1. The second-order valence-corrected chi connectivity index (χ2v) is 6.20. The molecule has 0 aromatic heterocycles.